The third-order valence-electron chi connectivity index (χ3n) is 2.64. The lowest BCUT2D eigenvalue weighted by atomic mass is 10.3. The van der Waals surface area contributed by atoms with Crippen LogP contribution in [0.1, 0.15) is 26.7 Å². The second-order valence-electron chi connectivity index (χ2n) is 3.82. The summed E-state index contributed by atoms with van der Waals surface area (Å²) in [7, 11) is 1.88. The van der Waals surface area contributed by atoms with Gasteiger partial charge in [-0.05, 0) is 12.8 Å². The zero-order chi connectivity index (χ0) is 11.1. The Morgan fingerprint density at radius 2 is 2.25 bits per heavy atom. The highest BCUT2D eigenvalue weighted by atomic mass is 127. The molecule has 1 N–H and O–H groups in total. The van der Waals surface area contributed by atoms with Crippen LogP contribution in [0, 0.1) is 0 Å². The molecule has 1 heterocycles. The lowest BCUT2D eigenvalue weighted by molar-refractivity contribution is 0.408. The molecule has 0 amide bonds. The van der Waals surface area contributed by atoms with Crippen molar-refractivity contribution in [2.45, 2.75) is 31.9 Å². The molecule has 0 aromatic rings. The Labute approximate surface area is 121 Å². The fourth-order valence-electron chi connectivity index (χ4n) is 1.73. The Morgan fingerprint density at radius 1 is 1.50 bits per heavy atom. The fourth-order valence-corrected chi connectivity index (χ4v) is 2.91. The highest BCUT2D eigenvalue weighted by Gasteiger charge is 2.20. The number of rotatable bonds is 3. The summed E-state index contributed by atoms with van der Waals surface area (Å²) >= 11 is 2.09. The molecule has 1 saturated heterocycles. The molecule has 1 unspecified atom stereocenters. The number of hydrogen-bond donors (Lipinski definition) is 1. The van der Waals surface area contributed by atoms with E-state index >= 15 is 0 Å². The highest BCUT2D eigenvalue weighted by molar-refractivity contribution is 14.0. The molecule has 3 nitrogen and oxygen atoms in total. The average Bonchev–Trinajstić information content (AvgIpc) is 2.30. The van der Waals surface area contributed by atoms with Gasteiger partial charge in [-0.3, -0.25) is 4.99 Å². The molecule has 96 valence electrons. The molecule has 1 atom stereocenters. The molecule has 0 aliphatic carbocycles. The third-order valence-corrected chi connectivity index (χ3v) is 4.01. The van der Waals surface area contributed by atoms with Crippen LogP contribution in [0.3, 0.4) is 0 Å². The molecule has 1 aliphatic heterocycles. The van der Waals surface area contributed by atoms with E-state index in [2.05, 4.69) is 40.8 Å². The number of guanidine groups is 1. The first-order valence-corrected chi connectivity index (χ1v) is 6.93. The summed E-state index contributed by atoms with van der Waals surface area (Å²) in [6, 6.07) is 0. The summed E-state index contributed by atoms with van der Waals surface area (Å²) in [5.41, 5.74) is 0. The van der Waals surface area contributed by atoms with Crippen molar-refractivity contribution < 1.29 is 0 Å². The van der Waals surface area contributed by atoms with Crippen LogP contribution in [-0.2, 0) is 0 Å². The third kappa shape index (κ3) is 5.12. The number of aliphatic imine (C=N–C) groups is 1. The second-order valence-corrected chi connectivity index (χ2v) is 5.23. The van der Waals surface area contributed by atoms with Crippen molar-refractivity contribution in [2.24, 2.45) is 4.99 Å². The molecule has 0 radical (unpaired) electrons. The largest absolute Gasteiger partial charge is 0.356 e. The van der Waals surface area contributed by atoms with Crippen molar-refractivity contribution in [3.8, 4) is 0 Å². The van der Waals surface area contributed by atoms with E-state index < -0.39 is 0 Å². The fraction of sp³-hybridized carbons (Fsp3) is 0.909. The Kier molecular flexibility index (Phi) is 9.59. The quantitative estimate of drug-likeness (QED) is 0.478. The first-order chi connectivity index (χ1) is 7.31. The summed E-state index contributed by atoms with van der Waals surface area (Å²) in [5.74, 6) is 2.31. The lowest BCUT2D eigenvalue weighted by Crippen LogP contribution is -2.48. The summed E-state index contributed by atoms with van der Waals surface area (Å²) in [4.78, 5) is 6.73. The van der Waals surface area contributed by atoms with Crippen LogP contribution in [-0.4, -0.2) is 48.5 Å². The van der Waals surface area contributed by atoms with Gasteiger partial charge >= 0.3 is 0 Å². The molecule has 1 aliphatic rings. The number of nitrogens with one attached hydrogen (secondary N) is 1. The molecule has 0 bridgehead atoms. The van der Waals surface area contributed by atoms with E-state index in [4.69, 9.17) is 0 Å². The van der Waals surface area contributed by atoms with Crippen LogP contribution in [0.15, 0.2) is 4.99 Å². The van der Waals surface area contributed by atoms with Crippen molar-refractivity contribution in [3.63, 3.8) is 0 Å². The van der Waals surface area contributed by atoms with E-state index in [0.717, 1.165) is 37.3 Å². The predicted octanol–water partition coefficient (Wildman–Crippen LogP) is 2.42. The minimum absolute atomic E-state index is 0. The van der Waals surface area contributed by atoms with Crippen molar-refractivity contribution in [3.05, 3.63) is 0 Å². The van der Waals surface area contributed by atoms with E-state index in [-0.39, 0.29) is 24.0 Å². The minimum atomic E-state index is 0. The Balaban J connectivity index is 0.00000225. The number of halogens is 1. The van der Waals surface area contributed by atoms with Gasteiger partial charge in [0.25, 0.3) is 0 Å². The lowest BCUT2D eigenvalue weighted by Gasteiger charge is -2.34. The molecule has 1 fully saturated rings. The van der Waals surface area contributed by atoms with Crippen molar-refractivity contribution >= 4 is 41.7 Å². The van der Waals surface area contributed by atoms with Gasteiger partial charge in [-0.2, -0.15) is 11.8 Å². The summed E-state index contributed by atoms with van der Waals surface area (Å²) in [5, 5.41) is 4.18. The van der Waals surface area contributed by atoms with Gasteiger partial charge in [0.05, 0.1) is 0 Å². The molecule has 1 rings (SSSR count). The molecule has 5 heteroatoms. The standard InChI is InChI=1S/C11H23N3S.HI/c1-4-6-13-11(12-3)14-7-8-15-10(5-2)9-14;/h10H,4-9H2,1-3H3,(H,12,13);1H. The van der Waals surface area contributed by atoms with E-state index in [9.17, 15) is 0 Å². The van der Waals surface area contributed by atoms with Crippen LogP contribution in [0.5, 0.6) is 0 Å². The zero-order valence-corrected chi connectivity index (χ0v) is 13.7. The SMILES string of the molecule is CCCNC(=NC)N1CCSC(CC)C1.I. The van der Waals surface area contributed by atoms with E-state index in [1.54, 1.807) is 0 Å². The molecule has 16 heavy (non-hydrogen) atoms. The zero-order valence-electron chi connectivity index (χ0n) is 10.5. The van der Waals surface area contributed by atoms with E-state index in [1.165, 1.54) is 12.2 Å². The Morgan fingerprint density at radius 3 is 2.81 bits per heavy atom. The molecule has 0 aromatic heterocycles. The topological polar surface area (TPSA) is 27.6 Å². The maximum Gasteiger partial charge on any atom is 0.193 e. The molecule has 0 spiro atoms. The minimum Gasteiger partial charge on any atom is -0.356 e. The Bertz CT molecular complexity index is 211. The predicted molar refractivity (Wildman–Crippen MR) is 85.2 cm³/mol. The van der Waals surface area contributed by atoms with Gasteiger partial charge in [-0.15, -0.1) is 24.0 Å². The van der Waals surface area contributed by atoms with Crippen molar-refractivity contribution in [2.75, 3.05) is 32.4 Å². The summed E-state index contributed by atoms with van der Waals surface area (Å²) in [6.45, 7) is 7.74. The van der Waals surface area contributed by atoms with Crippen LogP contribution in [0.2, 0.25) is 0 Å². The molecule has 0 aromatic carbocycles. The second kappa shape index (κ2) is 9.39. The van der Waals surface area contributed by atoms with Gasteiger partial charge in [0.15, 0.2) is 5.96 Å². The normalized spacial score (nSPS) is 21.6. The van der Waals surface area contributed by atoms with Gasteiger partial charge in [0.1, 0.15) is 0 Å². The van der Waals surface area contributed by atoms with Crippen LogP contribution < -0.4 is 5.32 Å². The maximum absolute atomic E-state index is 4.34. The van der Waals surface area contributed by atoms with Crippen LogP contribution in [0.25, 0.3) is 0 Å². The molecular weight excluding hydrogens is 333 g/mol. The van der Waals surface area contributed by atoms with Crippen LogP contribution >= 0.6 is 35.7 Å². The monoisotopic (exact) mass is 357 g/mol. The van der Waals surface area contributed by atoms with Gasteiger partial charge in [0.2, 0.25) is 0 Å². The van der Waals surface area contributed by atoms with Crippen molar-refractivity contribution in [1.29, 1.82) is 0 Å². The van der Waals surface area contributed by atoms with Gasteiger partial charge in [-0.25, -0.2) is 0 Å². The molecular formula is C11H24IN3S. The first-order valence-electron chi connectivity index (χ1n) is 5.89. The number of hydrogen-bond acceptors (Lipinski definition) is 2. The first kappa shape index (κ1) is 16.4. The van der Waals surface area contributed by atoms with E-state index in [0.29, 0.717) is 0 Å². The van der Waals surface area contributed by atoms with Crippen LogP contribution in [0.4, 0.5) is 0 Å². The summed E-state index contributed by atoms with van der Waals surface area (Å²) < 4.78 is 0. The summed E-state index contributed by atoms with van der Waals surface area (Å²) in [6.07, 6.45) is 2.41. The highest BCUT2D eigenvalue weighted by Crippen LogP contribution is 2.20. The van der Waals surface area contributed by atoms with Gasteiger partial charge in [-0.1, -0.05) is 13.8 Å². The average molecular weight is 357 g/mol. The smallest absolute Gasteiger partial charge is 0.193 e. The maximum atomic E-state index is 4.34. The van der Waals surface area contributed by atoms with Gasteiger partial charge in [0, 0.05) is 37.7 Å². The Hall–Kier alpha value is 0.350. The van der Waals surface area contributed by atoms with Crippen molar-refractivity contribution in [1.82, 2.24) is 10.2 Å². The number of thioether (sulfide) groups is 1. The van der Waals surface area contributed by atoms with E-state index in [1.807, 2.05) is 7.05 Å². The number of nitrogens with zero attached hydrogens (tertiary/aromatic N) is 2. The van der Waals surface area contributed by atoms with Gasteiger partial charge < -0.3 is 10.2 Å². The molecule has 0 saturated carbocycles.